The van der Waals surface area contributed by atoms with Crippen LogP contribution in [0.15, 0.2) is 0 Å². The van der Waals surface area contributed by atoms with Crippen LogP contribution in [-0.4, -0.2) is 18.5 Å². The molecule has 0 radical (unpaired) electrons. The zero-order chi connectivity index (χ0) is 10.7. The van der Waals surface area contributed by atoms with Gasteiger partial charge >= 0.3 is 26.2 Å². The first kappa shape index (κ1) is 29.3. The molecular formula is C3H4O10Zr. The predicted octanol–water partition coefficient (Wildman–Crippen LogP) is -8.53. The van der Waals surface area contributed by atoms with E-state index in [9.17, 15) is 0 Å². The molecule has 0 aliphatic rings. The average Bonchev–Trinajstić information content (AvgIpc) is 1.54. The smallest absolute Gasteiger partial charge is 0.873 e. The maximum atomic E-state index is 8.33. The summed E-state index contributed by atoms with van der Waals surface area (Å²) in [6.07, 6.45) is -7.00. The molecule has 11 heteroatoms. The second kappa shape index (κ2) is 22.6. The average molecular weight is 291 g/mol. The van der Waals surface area contributed by atoms with E-state index in [0.29, 0.717) is 0 Å². The largest absolute Gasteiger partial charge is 4.00 e. The number of carbonyl (C=O) groups is 3. The Balaban J connectivity index is -0.0000000270. The Morgan fingerprint density at radius 3 is 0.571 bits per heavy atom. The van der Waals surface area contributed by atoms with Gasteiger partial charge in [-0.3, -0.25) is 0 Å². The molecule has 10 nitrogen and oxygen atoms in total. The molecule has 0 rings (SSSR count). The summed E-state index contributed by atoms with van der Waals surface area (Å²) in [6, 6.07) is 0. The molecule has 0 saturated heterocycles. The fourth-order valence-corrected chi connectivity index (χ4v) is 0. The van der Waals surface area contributed by atoms with Crippen LogP contribution in [0.5, 0.6) is 0 Å². The summed E-state index contributed by atoms with van der Waals surface area (Å²) in [5.41, 5.74) is 0. The normalized spacial score (nSPS) is 5.14. The van der Waals surface area contributed by atoms with Gasteiger partial charge in [-0.15, -0.1) is 0 Å². The monoisotopic (exact) mass is 290 g/mol. The Morgan fingerprint density at radius 1 is 0.571 bits per heavy atom. The van der Waals surface area contributed by atoms with Crippen molar-refractivity contribution in [2.24, 2.45) is 0 Å². The van der Waals surface area contributed by atoms with Crippen molar-refractivity contribution in [3.8, 4) is 0 Å². The van der Waals surface area contributed by atoms with Crippen molar-refractivity contribution in [3.63, 3.8) is 0 Å². The van der Waals surface area contributed by atoms with E-state index in [1.54, 1.807) is 0 Å². The summed E-state index contributed by atoms with van der Waals surface area (Å²) in [6.45, 7) is 0. The number of rotatable bonds is 0. The minimum Gasteiger partial charge on any atom is -0.873 e. The zero-order valence-corrected chi connectivity index (χ0v) is 8.84. The van der Waals surface area contributed by atoms with Crippen LogP contribution in [0.3, 0.4) is 0 Å². The quantitative estimate of drug-likeness (QED) is 0.412. The van der Waals surface area contributed by atoms with Gasteiger partial charge in [0.1, 0.15) is 0 Å². The Bertz CT molecular complexity index is 113. The van der Waals surface area contributed by atoms with E-state index >= 15 is 0 Å². The molecule has 0 fully saturated rings. The van der Waals surface area contributed by atoms with Crippen LogP contribution < -0.4 is 30.6 Å². The van der Waals surface area contributed by atoms with Gasteiger partial charge < -0.3 is 50.5 Å². The van der Waals surface area contributed by atoms with Crippen LogP contribution in [0.4, 0.5) is 14.4 Å². The molecule has 0 unspecified atom stereocenters. The van der Waals surface area contributed by atoms with Crippen LogP contribution in [-0.2, 0) is 31.7 Å². The van der Waals surface area contributed by atoms with Crippen molar-refractivity contribution in [2.45, 2.75) is 0 Å². The topological polar surface area (TPSA) is 224 Å². The van der Waals surface area contributed by atoms with Gasteiger partial charge in [0.05, 0.1) is 0 Å². The molecule has 0 aliphatic heterocycles. The van der Waals surface area contributed by atoms with Gasteiger partial charge in [0.25, 0.3) is 0 Å². The second-order valence-corrected chi connectivity index (χ2v) is 0.750. The third-order valence-corrected chi connectivity index (χ3v) is 0. The third-order valence-electron chi connectivity index (χ3n) is 0. The van der Waals surface area contributed by atoms with Gasteiger partial charge in [-0.05, 0) is 18.5 Å². The molecule has 80 valence electrons. The van der Waals surface area contributed by atoms with Gasteiger partial charge in [0.2, 0.25) is 0 Å². The first-order valence-electron chi connectivity index (χ1n) is 1.84. The molecule has 0 amide bonds. The molecule has 4 N–H and O–H groups in total. The summed E-state index contributed by atoms with van der Waals surface area (Å²) >= 11 is 0. The molecule has 0 aromatic carbocycles. The van der Waals surface area contributed by atoms with Crippen molar-refractivity contribution in [1.29, 1.82) is 0 Å². The molecule has 0 spiro atoms. The van der Waals surface area contributed by atoms with Crippen LogP contribution in [0.2, 0.25) is 0 Å². The van der Waals surface area contributed by atoms with E-state index < -0.39 is 18.5 Å². The Hall–Kier alpha value is -1.35. The van der Waals surface area contributed by atoms with E-state index in [1.807, 2.05) is 0 Å². The Kier molecular flexibility index (Phi) is 47.3. The van der Waals surface area contributed by atoms with E-state index in [-0.39, 0.29) is 31.7 Å². The summed E-state index contributed by atoms with van der Waals surface area (Å²) in [4.78, 5) is 25.0. The van der Waals surface area contributed by atoms with Gasteiger partial charge in [-0.2, -0.15) is 0 Å². The predicted molar refractivity (Wildman–Crippen MR) is 22.5 cm³/mol. The van der Waals surface area contributed by atoms with Gasteiger partial charge in [-0.25, -0.2) is 0 Å². The molecule has 0 aromatic rings. The molecule has 14 heavy (non-hydrogen) atoms. The van der Waals surface area contributed by atoms with E-state index in [1.165, 1.54) is 0 Å². The molecule has 0 bridgehead atoms. The molecule has 0 atom stereocenters. The fourth-order valence-electron chi connectivity index (χ4n) is 0. The Labute approximate surface area is 95.5 Å². The maximum Gasteiger partial charge on any atom is 4.00 e. The third kappa shape index (κ3) is 547. The van der Waals surface area contributed by atoms with E-state index in [0.717, 1.165) is 0 Å². The minimum atomic E-state index is -2.33. The molecule has 0 aliphatic carbocycles. The standard InChI is InChI=1S/3CH2O3.H4O.Zr/c3*2-1(3)4;;/h3*(H2,2,3,4);1H4;/q;;;+2;+4/p-6. The molecule has 0 aromatic heterocycles. The van der Waals surface area contributed by atoms with Crippen molar-refractivity contribution in [3.05, 3.63) is 0 Å². The first-order chi connectivity index (χ1) is 5.20. The number of carboxylic acid groups (broad SMARTS) is 6. The summed E-state index contributed by atoms with van der Waals surface area (Å²) in [5.74, 6) is 0. The number of carbonyl (C=O) groups excluding carboxylic acids is 3. The van der Waals surface area contributed by atoms with Crippen molar-refractivity contribution in [1.82, 2.24) is 0 Å². The number of hydrogen-bond acceptors (Lipinski definition) is 9. The van der Waals surface area contributed by atoms with E-state index in [2.05, 4.69) is 0 Å². The van der Waals surface area contributed by atoms with E-state index in [4.69, 9.17) is 45.0 Å². The van der Waals surface area contributed by atoms with Crippen LogP contribution in [0, 0.1) is 0 Å². The number of hydrogen-bond donors (Lipinski definition) is 0. The van der Waals surface area contributed by atoms with Gasteiger partial charge in [0.15, 0.2) is 0 Å². The summed E-state index contributed by atoms with van der Waals surface area (Å²) < 4.78 is 0. The Morgan fingerprint density at radius 2 is 0.571 bits per heavy atom. The van der Waals surface area contributed by atoms with Crippen LogP contribution in [0.25, 0.3) is 0 Å². The molecule has 0 saturated carbocycles. The molecule has 0 heterocycles. The summed E-state index contributed by atoms with van der Waals surface area (Å²) in [5, 5.41) is 50.0. The van der Waals surface area contributed by atoms with Crippen LogP contribution in [0.1, 0.15) is 0 Å². The first-order valence-corrected chi connectivity index (χ1v) is 1.84. The van der Waals surface area contributed by atoms with Crippen molar-refractivity contribution in [2.75, 3.05) is 0 Å². The SMILES string of the molecule is O=C([O-])[O-].O=C([O-])[O-].O=C([O-])[O-].[OH4+2].[Zr+4]. The zero-order valence-electron chi connectivity index (χ0n) is 6.38. The van der Waals surface area contributed by atoms with Crippen molar-refractivity contribution < 1.29 is 76.7 Å². The van der Waals surface area contributed by atoms with Gasteiger partial charge in [-0.1, -0.05) is 0 Å². The van der Waals surface area contributed by atoms with Crippen molar-refractivity contribution >= 4 is 18.5 Å². The van der Waals surface area contributed by atoms with Crippen LogP contribution >= 0.6 is 0 Å². The minimum absolute atomic E-state index is 0. The molecular weight excluding hydrogens is 287 g/mol. The summed E-state index contributed by atoms with van der Waals surface area (Å²) in [7, 11) is 0. The second-order valence-electron chi connectivity index (χ2n) is 0.750. The maximum absolute atomic E-state index is 8.33. The van der Waals surface area contributed by atoms with Gasteiger partial charge in [0, 0.05) is 0 Å². The fraction of sp³-hybridized carbons (Fsp3) is 0.